The molecular formula is C11H19N3OS. The van der Waals surface area contributed by atoms with Crippen LogP contribution in [0, 0.1) is 0 Å². The van der Waals surface area contributed by atoms with E-state index in [9.17, 15) is 0 Å². The Kier molecular flexibility index (Phi) is 5.88. The molecule has 0 saturated heterocycles. The minimum atomic E-state index is 0.249. The maximum Gasteiger partial charge on any atom is 0.191 e. The third-order valence-corrected chi connectivity index (χ3v) is 2.80. The van der Waals surface area contributed by atoms with Gasteiger partial charge in [-0.3, -0.25) is 4.99 Å². The van der Waals surface area contributed by atoms with Gasteiger partial charge in [0.15, 0.2) is 5.96 Å². The summed E-state index contributed by atoms with van der Waals surface area (Å²) in [4.78, 5) is 4.15. The Morgan fingerprint density at radius 1 is 1.62 bits per heavy atom. The minimum absolute atomic E-state index is 0.249. The van der Waals surface area contributed by atoms with Crippen LogP contribution in [-0.4, -0.2) is 32.8 Å². The smallest absolute Gasteiger partial charge is 0.191 e. The quantitative estimate of drug-likeness (QED) is 0.606. The van der Waals surface area contributed by atoms with Crippen molar-refractivity contribution in [1.82, 2.24) is 10.6 Å². The summed E-state index contributed by atoms with van der Waals surface area (Å²) >= 11 is 1.70. The van der Waals surface area contributed by atoms with Crippen LogP contribution >= 0.6 is 11.3 Å². The first-order chi connectivity index (χ1) is 7.76. The summed E-state index contributed by atoms with van der Waals surface area (Å²) in [5.74, 6) is 0.802. The molecule has 1 aromatic rings. The number of nitrogens with zero attached hydrogens (tertiary/aromatic N) is 1. The van der Waals surface area contributed by atoms with Crippen LogP contribution < -0.4 is 10.6 Å². The van der Waals surface area contributed by atoms with Crippen LogP contribution in [0.1, 0.15) is 12.5 Å². The van der Waals surface area contributed by atoms with E-state index in [0.717, 1.165) is 12.5 Å². The second-order valence-corrected chi connectivity index (χ2v) is 4.34. The van der Waals surface area contributed by atoms with E-state index in [1.807, 2.05) is 0 Å². The van der Waals surface area contributed by atoms with Crippen molar-refractivity contribution in [2.75, 3.05) is 20.8 Å². The van der Waals surface area contributed by atoms with Gasteiger partial charge in [-0.15, -0.1) is 0 Å². The average Bonchev–Trinajstić information content (AvgIpc) is 2.77. The molecule has 16 heavy (non-hydrogen) atoms. The van der Waals surface area contributed by atoms with E-state index in [1.165, 1.54) is 5.56 Å². The topological polar surface area (TPSA) is 45.7 Å². The Hall–Kier alpha value is -1.07. The van der Waals surface area contributed by atoms with E-state index in [0.29, 0.717) is 6.61 Å². The highest BCUT2D eigenvalue weighted by Crippen LogP contribution is 2.04. The van der Waals surface area contributed by atoms with Crippen molar-refractivity contribution in [3.8, 4) is 0 Å². The summed E-state index contributed by atoms with van der Waals surface area (Å²) in [6.07, 6.45) is 0. The van der Waals surface area contributed by atoms with E-state index in [-0.39, 0.29) is 6.04 Å². The number of ether oxygens (including phenoxy) is 1. The zero-order valence-electron chi connectivity index (χ0n) is 9.99. The summed E-state index contributed by atoms with van der Waals surface area (Å²) < 4.78 is 5.06. The van der Waals surface area contributed by atoms with Gasteiger partial charge in [-0.2, -0.15) is 11.3 Å². The van der Waals surface area contributed by atoms with Crippen LogP contribution in [0.2, 0.25) is 0 Å². The molecule has 5 heteroatoms. The maximum absolute atomic E-state index is 5.06. The number of thiophene rings is 1. The lowest BCUT2D eigenvalue weighted by Gasteiger charge is -2.16. The largest absolute Gasteiger partial charge is 0.383 e. The maximum atomic E-state index is 5.06. The molecule has 0 bridgehead atoms. The van der Waals surface area contributed by atoms with Crippen molar-refractivity contribution in [3.05, 3.63) is 22.4 Å². The molecule has 1 atom stereocenters. The fourth-order valence-electron chi connectivity index (χ4n) is 1.30. The number of hydrogen-bond acceptors (Lipinski definition) is 3. The monoisotopic (exact) mass is 241 g/mol. The molecule has 1 aromatic heterocycles. The van der Waals surface area contributed by atoms with Crippen molar-refractivity contribution in [2.24, 2.45) is 4.99 Å². The van der Waals surface area contributed by atoms with E-state index in [4.69, 9.17) is 4.74 Å². The highest BCUT2D eigenvalue weighted by atomic mass is 32.1. The number of hydrogen-bond donors (Lipinski definition) is 2. The van der Waals surface area contributed by atoms with E-state index < -0.39 is 0 Å². The van der Waals surface area contributed by atoms with Crippen molar-refractivity contribution in [3.63, 3.8) is 0 Å². The molecule has 0 radical (unpaired) electrons. The lowest BCUT2D eigenvalue weighted by atomic mass is 10.3. The third-order valence-electron chi connectivity index (χ3n) is 2.06. The van der Waals surface area contributed by atoms with Gasteiger partial charge in [0.2, 0.25) is 0 Å². The Labute approximate surface area is 101 Å². The summed E-state index contributed by atoms with van der Waals surface area (Å²) in [7, 11) is 3.46. The fraction of sp³-hybridized carbons (Fsp3) is 0.545. The third kappa shape index (κ3) is 4.63. The van der Waals surface area contributed by atoms with Gasteiger partial charge in [0.25, 0.3) is 0 Å². The zero-order chi connectivity index (χ0) is 11.8. The van der Waals surface area contributed by atoms with Crippen LogP contribution in [0.15, 0.2) is 21.8 Å². The van der Waals surface area contributed by atoms with Crippen molar-refractivity contribution < 1.29 is 4.74 Å². The molecule has 1 heterocycles. The molecule has 90 valence electrons. The second kappa shape index (κ2) is 7.24. The van der Waals surface area contributed by atoms with Crippen molar-refractivity contribution in [1.29, 1.82) is 0 Å². The summed E-state index contributed by atoms with van der Waals surface area (Å²) in [6.45, 7) is 3.52. The molecular weight excluding hydrogens is 222 g/mol. The number of guanidine groups is 1. The highest BCUT2D eigenvalue weighted by Gasteiger charge is 2.04. The number of rotatable bonds is 5. The van der Waals surface area contributed by atoms with Gasteiger partial charge in [-0.25, -0.2) is 0 Å². The predicted molar refractivity (Wildman–Crippen MR) is 69.0 cm³/mol. The van der Waals surface area contributed by atoms with E-state index in [2.05, 4.69) is 39.4 Å². The molecule has 0 aliphatic heterocycles. The Balaban J connectivity index is 2.32. The molecule has 1 rings (SSSR count). The first-order valence-electron chi connectivity index (χ1n) is 5.23. The first-order valence-corrected chi connectivity index (χ1v) is 6.17. The van der Waals surface area contributed by atoms with Gasteiger partial charge >= 0.3 is 0 Å². The lowest BCUT2D eigenvalue weighted by Crippen LogP contribution is -2.43. The van der Waals surface area contributed by atoms with Gasteiger partial charge in [-0.1, -0.05) is 0 Å². The zero-order valence-corrected chi connectivity index (χ0v) is 10.8. The Bertz CT molecular complexity index is 311. The summed E-state index contributed by atoms with van der Waals surface area (Å²) in [6, 6.07) is 2.35. The molecule has 0 saturated carbocycles. The van der Waals surface area contributed by atoms with Gasteiger partial charge < -0.3 is 15.4 Å². The molecule has 0 spiro atoms. The van der Waals surface area contributed by atoms with Crippen LogP contribution in [0.5, 0.6) is 0 Å². The van der Waals surface area contributed by atoms with Crippen LogP contribution in [-0.2, 0) is 11.3 Å². The summed E-state index contributed by atoms with van der Waals surface area (Å²) in [5, 5.41) is 10.7. The Morgan fingerprint density at radius 3 is 3.00 bits per heavy atom. The van der Waals surface area contributed by atoms with Crippen LogP contribution in [0.25, 0.3) is 0 Å². The number of nitrogens with one attached hydrogen (secondary N) is 2. The fourth-order valence-corrected chi connectivity index (χ4v) is 1.97. The first kappa shape index (κ1) is 13.0. The van der Waals surface area contributed by atoms with E-state index in [1.54, 1.807) is 25.5 Å². The van der Waals surface area contributed by atoms with Crippen molar-refractivity contribution in [2.45, 2.75) is 19.5 Å². The standard InChI is InChI=1S/C11H19N3OS/c1-9(7-15-3)14-11(12-2)13-6-10-4-5-16-8-10/h4-5,8-9H,6-7H2,1-3H3,(H2,12,13,14)/t9-/m1/s1. The highest BCUT2D eigenvalue weighted by molar-refractivity contribution is 7.07. The molecule has 0 fully saturated rings. The summed E-state index contributed by atoms with van der Waals surface area (Å²) in [5.41, 5.74) is 1.27. The molecule has 0 aliphatic carbocycles. The van der Waals surface area contributed by atoms with Crippen LogP contribution in [0.4, 0.5) is 0 Å². The number of aliphatic imine (C=N–C) groups is 1. The predicted octanol–water partition coefficient (Wildman–Crippen LogP) is 1.45. The lowest BCUT2D eigenvalue weighted by molar-refractivity contribution is 0.179. The molecule has 0 unspecified atom stereocenters. The molecule has 2 N–H and O–H groups in total. The molecule has 0 amide bonds. The normalized spacial score (nSPS) is 13.6. The van der Waals surface area contributed by atoms with Crippen LogP contribution in [0.3, 0.4) is 0 Å². The van der Waals surface area contributed by atoms with Gasteiger partial charge in [0.05, 0.1) is 6.61 Å². The number of methoxy groups -OCH3 is 1. The van der Waals surface area contributed by atoms with Gasteiger partial charge in [-0.05, 0) is 29.3 Å². The molecule has 0 aromatic carbocycles. The minimum Gasteiger partial charge on any atom is -0.383 e. The molecule has 4 nitrogen and oxygen atoms in total. The average molecular weight is 241 g/mol. The van der Waals surface area contributed by atoms with Crippen molar-refractivity contribution >= 4 is 17.3 Å². The second-order valence-electron chi connectivity index (χ2n) is 3.56. The van der Waals surface area contributed by atoms with E-state index >= 15 is 0 Å². The van der Waals surface area contributed by atoms with Gasteiger partial charge in [0, 0.05) is 26.7 Å². The SMILES string of the molecule is CN=C(NCc1ccsc1)N[C@H](C)COC. The molecule has 0 aliphatic rings. The Morgan fingerprint density at radius 2 is 2.44 bits per heavy atom. The van der Waals surface area contributed by atoms with Gasteiger partial charge in [0.1, 0.15) is 0 Å².